The van der Waals surface area contributed by atoms with Crippen LogP contribution in [0.2, 0.25) is 0 Å². The average molecular weight is 366 g/mol. The van der Waals surface area contributed by atoms with E-state index in [0.717, 1.165) is 11.8 Å². The summed E-state index contributed by atoms with van der Waals surface area (Å²) in [4.78, 5) is 24.3. The Morgan fingerprint density at radius 3 is 2.41 bits per heavy atom. The first kappa shape index (κ1) is 18.5. The second kappa shape index (κ2) is 8.40. The Kier molecular flexibility index (Phi) is 5.76. The van der Waals surface area contributed by atoms with Crippen molar-refractivity contribution in [2.75, 3.05) is 6.61 Å². The van der Waals surface area contributed by atoms with Gasteiger partial charge in [0.15, 0.2) is 5.76 Å². The molecule has 0 atom stereocenters. The molecule has 6 heteroatoms. The summed E-state index contributed by atoms with van der Waals surface area (Å²) < 4.78 is 11.1. The van der Waals surface area contributed by atoms with Gasteiger partial charge in [-0.3, -0.25) is 20.4 Å². The van der Waals surface area contributed by atoms with E-state index < -0.39 is 11.8 Å². The molecule has 0 radical (unpaired) electrons. The normalized spacial score (nSPS) is 10.8. The number of amides is 2. The number of fused-ring (bicyclic) bond motifs is 1. The van der Waals surface area contributed by atoms with E-state index in [1.54, 1.807) is 36.4 Å². The fraction of sp³-hybridized carbons (Fsp3) is 0.238. The van der Waals surface area contributed by atoms with Gasteiger partial charge >= 0.3 is 5.91 Å². The lowest BCUT2D eigenvalue weighted by Crippen LogP contribution is -2.41. The summed E-state index contributed by atoms with van der Waals surface area (Å²) in [6.07, 6.45) is 0.968. The Morgan fingerprint density at radius 2 is 1.70 bits per heavy atom. The Morgan fingerprint density at radius 1 is 1.00 bits per heavy atom. The van der Waals surface area contributed by atoms with Crippen molar-refractivity contribution in [1.29, 1.82) is 0 Å². The first-order valence-electron chi connectivity index (χ1n) is 8.85. The van der Waals surface area contributed by atoms with Gasteiger partial charge in [-0.25, -0.2) is 0 Å². The van der Waals surface area contributed by atoms with E-state index in [2.05, 4.69) is 24.7 Å². The summed E-state index contributed by atoms with van der Waals surface area (Å²) in [6.45, 7) is 4.91. The number of furan rings is 1. The van der Waals surface area contributed by atoms with Crippen molar-refractivity contribution < 1.29 is 18.7 Å². The maximum atomic E-state index is 12.2. The molecule has 6 nitrogen and oxygen atoms in total. The van der Waals surface area contributed by atoms with Crippen LogP contribution in [-0.2, 0) is 0 Å². The van der Waals surface area contributed by atoms with Crippen molar-refractivity contribution in [3.05, 3.63) is 65.9 Å². The highest BCUT2D eigenvalue weighted by molar-refractivity contribution is 5.99. The predicted octanol–water partition coefficient (Wildman–Crippen LogP) is 3.93. The summed E-state index contributed by atoms with van der Waals surface area (Å²) in [7, 11) is 0. The Bertz CT molecular complexity index is 896. The summed E-state index contributed by atoms with van der Waals surface area (Å²) >= 11 is 0. The second-order valence-corrected chi connectivity index (χ2v) is 6.61. The third kappa shape index (κ3) is 4.88. The van der Waals surface area contributed by atoms with Crippen LogP contribution in [0.1, 0.15) is 41.2 Å². The van der Waals surface area contributed by atoms with Crippen molar-refractivity contribution in [2.45, 2.75) is 20.3 Å². The smallest absolute Gasteiger partial charge is 0.305 e. The van der Waals surface area contributed by atoms with Gasteiger partial charge in [-0.15, -0.1) is 0 Å². The van der Waals surface area contributed by atoms with Crippen molar-refractivity contribution in [1.82, 2.24) is 10.9 Å². The highest BCUT2D eigenvalue weighted by atomic mass is 16.5. The Labute approximate surface area is 157 Å². The lowest BCUT2D eigenvalue weighted by atomic mass is 10.1. The molecule has 0 spiro atoms. The lowest BCUT2D eigenvalue weighted by molar-refractivity contribution is 0.0832. The molecule has 3 rings (SSSR count). The number of benzene rings is 2. The number of hydrogen-bond acceptors (Lipinski definition) is 4. The van der Waals surface area contributed by atoms with Crippen molar-refractivity contribution in [3.63, 3.8) is 0 Å². The molecule has 0 unspecified atom stereocenters. The number of para-hydroxylation sites is 1. The van der Waals surface area contributed by atoms with Crippen molar-refractivity contribution >= 4 is 22.8 Å². The fourth-order valence-corrected chi connectivity index (χ4v) is 2.46. The molecular formula is C21H22N2O4. The average Bonchev–Trinajstić information content (AvgIpc) is 3.10. The van der Waals surface area contributed by atoms with Gasteiger partial charge in [0, 0.05) is 10.9 Å². The molecule has 0 aliphatic heterocycles. The van der Waals surface area contributed by atoms with E-state index >= 15 is 0 Å². The number of rotatable bonds is 6. The Balaban J connectivity index is 1.53. The van der Waals surface area contributed by atoms with Crippen molar-refractivity contribution in [3.8, 4) is 5.75 Å². The second-order valence-electron chi connectivity index (χ2n) is 6.61. The number of carbonyl (C=O) groups is 2. The molecule has 0 aliphatic rings. The molecule has 1 aromatic heterocycles. The molecule has 140 valence electrons. The quantitative estimate of drug-likeness (QED) is 0.648. The molecule has 2 amide bonds. The monoisotopic (exact) mass is 366 g/mol. The van der Waals surface area contributed by atoms with Crippen LogP contribution < -0.4 is 15.6 Å². The molecule has 0 aliphatic carbocycles. The van der Waals surface area contributed by atoms with Crippen LogP contribution >= 0.6 is 0 Å². The van der Waals surface area contributed by atoms with E-state index in [9.17, 15) is 9.59 Å². The summed E-state index contributed by atoms with van der Waals surface area (Å²) in [5.74, 6) is 0.468. The van der Waals surface area contributed by atoms with E-state index in [4.69, 9.17) is 9.15 Å². The summed E-state index contributed by atoms with van der Waals surface area (Å²) in [5.41, 5.74) is 5.76. The highest BCUT2D eigenvalue weighted by Crippen LogP contribution is 2.18. The third-order valence-electron chi connectivity index (χ3n) is 4.02. The van der Waals surface area contributed by atoms with E-state index in [1.807, 2.05) is 18.2 Å². The maximum Gasteiger partial charge on any atom is 0.305 e. The van der Waals surface area contributed by atoms with Crippen LogP contribution in [0.25, 0.3) is 11.0 Å². The molecule has 0 bridgehead atoms. The fourth-order valence-electron chi connectivity index (χ4n) is 2.46. The topological polar surface area (TPSA) is 80.6 Å². The van der Waals surface area contributed by atoms with Gasteiger partial charge in [0.25, 0.3) is 5.91 Å². The van der Waals surface area contributed by atoms with Gasteiger partial charge in [0.1, 0.15) is 11.3 Å². The molecule has 2 N–H and O–H groups in total. The van der Waals surface area contributed by atoms with Gasteiger partial charge in [-0.2, -0.15) is 0 Å². The highest BCUT2D eigenvalue weighted by Gasteiger charge is 2.13. The molecule has 27 heavy (non-hydrogen) atoms. The molecule has 0 saturated heterocycles. The molecule has 3 aromatic rings. The third-order valence-corrected chi connectivity index (χ3v) is 4.02. The minimum atomic E-state index is -0.520. The largest absolute Gasteiger partial charge is 0.494 e. The zero-order valence-corrected chi connectivity index (χ0v) is 15.3. The number of carbonyl (C=O) groups excluding carboxylic acids is 2. The first-order valence-corrected chi connectivity index (χ1v) is 8.85. The van der Waals surface area contributed by atoms with E-state index in [0.29, 0.717) is 29.4 Å². The van der Waals surface area contributed by atoms with Crippen LogP contribution in [0.3, 0.4) is 0 Å². The molecule has 1 heterocycles. The predicted molar refractivity (Wildman–Crippen MR) is 103 cm³/mol. The van der Waals surface area contributed by atoms with Gasteiger partial charge in [-0.1, -0.05) is 32.0 Å². The number of nitrogens with one attached hydrogen (secondary N) is 2. The molecular weight excluding hydrogens is 344 g/mol. The lowest BCUT2D eigenvalue weighted by Gasteiger charge is -2.09. The first-order chi connectivity index (χ1) is 13.0. The van der Waals surface area contributed by atoms with Crippen molar-refractivity contribution in [2.24, 2.45) is 5.92 Å². The minimum absolute atomic E-state index is 0.130. The SMILES string of the molecule is CC(C)CCOc1ccc(C(=O)NNC(=O)c2cc3ccccc3o2)cc1. The Hall–Kier alpha value is -3.28. The van der Waals surface area contributed by atoms with Gasteiger partial charge < -0.3 is 9.15 Å². The molecule has 0 saturated carbocycles. The van der Waals surface area contributed by atoms with Crippen LogP contribution in [0.4, 0.5) is 0 Å². The van der Waals surface area contributed by atoms with E-state index in [1.165, 1.54) is 0 Å². The number of hydrogen-bond donors (Lipinski definition) is 2. The van der Waals surface area contributed by atoms with Crippen LogP contribution in [0, 0.1) is 5.92 Å². The number of ether oxygens (including phenoxy) is 1. The zero-order valence-electron chi connectivity index (χ0n) is 15.3. The number of hydrazine groups is 1. The molecule has 0 fully saturated rings. The maximum absolute atomic E-state index is 12.2. The summed E-state index contributed by atoms with van der Waals surface area (Å²) in [5, 5.41) is 0.821. The minimum Gasteiger partial charge on any atom is -0.494 e. The van der Waals surface area contributed by atoms with Crippen LogP contribution in [0.15, 0.2) is 59.0 Å². The van der Waals surface area contributed by atoms with Gasteiger partial charge in [0.2, 0.25) is 0 Å². The molecule has 2 aromatic carbocycles. The van der Waals surface area contributed by atoms with Crippen LogP contribution in [-0.4, -0.2) is 18.4 Å². The standard InChI is InChI=1S/C21H22N2O4/c1-14(2)11-12-26-17-9-7-15(8-10-17)20(24)22-23-21(25)19-13-16-5-3-4-6-18(16)27-19/h3-10,13-14H,11-12H2,1-2H3,(H,22,24)(H,23,25). The van der Waals surface area contributed by atoms with Crippen LogP contribution in [0.5, 0.6) is 5.75 Å². The van der Waals surface area contributed by atoms with E-state index in [-0.39, 0.29) is 5.76 Å². The summed E-state index contributed by atoms with van der Waals surface area (Å²) in [6, 6.07) is 15.7. The van der Waals surface area contributed by atoms with Gasteiger partial charge in [0.05, 0.1) is 6.61 Å². The van der Waals surface area contributed by atoms with Gasteiger partial charge in [-0.05, 0) is 48.7 Å². The zero-order chi connectivity index (χ0) is 19.2.